The summed E-state index contributed by atoms with van der Waals surface area (Å²) in [6.45, 7) is 1.78. The lowest BCUT2D eigenvalue weighted by molar-refractivity contribution is 0.619. The molecule has 0 atom stereocenters. The van der Waals surface area contributed by atoms with Gasteiger partial charge in [-0.25, -0.2) is 9.18 Å². The van der Waals surface area contributed by atoms with Crippen LogP contribution in [0.2, 0.25) is 0 Å². The van der Waals surface area contributed by atoms with Crippen LogP contribution in [0.5, 0.6) is 0 Å². The van der Waals surface area contributed by atoms with Crippen LogP contribution in [-0.2, 0) is 0 Å². The van der Waals surface area contributed by atoms with Gasteiger partial charge in [0.1, 0.15) is 5.82 Å². The second-order valence-corrected chi connectivity index (χ2v) is 7.99. The zero-order valence-corrected chi connectivity index (χ0v) is 15.8. The van der Waals surface area contributed by atoms with E-state index in [4.69, 9.17) is 0 Å². The normalized spacial score (nSPS) is 13.9. The molecule has 1 aliphatic carbocycles. The Bertz CT molecular complexity index is 1330. The Morgan fingerprint density at radius 2 is 1.96 bits per heavy atom. The van der Waals surface area contributed by atoms with E-state index >= 15 is 4.39 Å². The number of thiophene rings is 1. The number of aromatic amines is 1. The number of pyridine rings is 2. The number of rotatable bonds is 3. The Morgan fingerprint density at radius 3 is 2.68 bits per heavy atom. The molecule has 0 spiro atoms. The van der Waals surface area contributed by atoms with Crippen LogP contribution < -0.4 is 11.2 Å². The number of hydrogen-bond acceptors (Lipinski definition) is 4. The predicted molar refractivity (Wildman–Crippen MR) is 108 cm³/mol. The Balaban J connectivity index is 1.77. The third-order valence-corrected chi connectivity index (χ3v) is 6.18. The first-order chi connectivity index (χ1) is 13.5. The van der Waals surface area contributed by atoms with E-state index in [9.17, 15) is 9.59 Å². The maximum atomic E-state index is 15.1. The molecule has 0 saturated heterocycles. The molecule has 1 fully saturated rings. The highest BCUT2D eigenvalue weighted by atomic mass is 32.1. The highest BCUT2D eigenvalue weighted by Gasteiger charge is 2.31. The fourth-order valence-corrected chi connectivity index (χ4v) is 4.78. The summed E-state index contributed by atoms with van der Waals surface area (Å²) in [6.07, 6.45) is 6.44. The molecule has 28 heavy (non-hydrogen) atoms. The molecule has 7 heteroatoms. The number of halogens is 1. The van der Waals surface area contributed by atoms with E-state index in [0.29, 0.717) is 22.2 Å². The van der Waals surface area contributed by atoms with Crippen LogP contribution in [-0.4, -0.2) is 14.4 Å². The van der Waals surface area contributed by atoms with E-state index in [1.807, 2.05) is 23.6 Å². The number of nitrogens with zero attached hydrogens (tertiary/aromatic N) is 2. The fourth-order valence-electron chi connectivity index (χ4n) is 3.76. The average Bonchev–Trinajstić information content (AvgIpc) is 3.40. The van der Waals surface area contributed by atoms with Crippen molar-refractivity contribution < 1.29 is 4.39 Å². The van der Waals surface area contributed by atoms with E-state index in [1.165, 1.54) is 21.9 Å². The minimum Gasteiger partial charge on any atom is -0.273 e. The van der Waals surface area contributed by atoms with Gasteiger partial charge in [0.25, 0.3) is 5.56 Å². The van der Waals surface area contributed by atoms with E-state index in [0.717, 1.165) is 28.8 Å². The number of nitrogens with one attached hydrogen (secondary N) is 1. The number of fused-ring (bicyclic) bond motifs is 1. The minimum absolute atomic E-state index is 0.132. The van der Waals surface area contributed by atoms with Gasteiger partial charge in [-0.2, -0.15) is 0 Å². The first-order valence-electron chi connectivity index (χ1n) is 9.01. The number of H-pyrrole nitrogens is 1. The van der Waals surface area contributed by atoms with Gasteiger partial charge in [0.15, 0.2) is 0 Å². The third kappa shape index (κ3) is 2.62. The van der Waals surface area contributed by atoms with Crippen molar-refractivity contribution in [2.75, 3.05) is 0 Å². The first kappa shape index (κ1) is 17.1. The van der Waals surface area contributed by atoms with Crippen LogP contribution in [0.1, 0.15) is 29.9 Å². The van der Waals surface area contributed by atoms with Gasteiger partial charge < -0.3 is 0 Å². The minimum atomic E-state index is -0.610. The molecule has 5 rings (SSSR count). The lowest BCUT2D eigenvalue weighted by Crippen LogP contribution is -2.29. The maximum absolute atomic E-state index is 15.1. The molecule has 4 heterocycles. The van der Waals surface area contributed by atoms with Gasteiger partial charge in [0.05, 0.1) is 11.7 Å². The molecule has 0 unspecified atom stereocenters. The van der Waals surface area contributed by atoms with Gasteiger partial charge in [0.2, 0.25) is 0 Å². The summed E-state index contributed by atoms with van der Waals surface area (Å²) in [5, 5.41) is 1.97. The van der Waals surface area contributed by atoms with Crippen molar-refractivity contribution in [2.24, 2.45) is 0 Å². The van der Waals surface area contributed by atoms with Crippen LogP contribution in [0.25, 0.3) is 27.1 Å². The Morgan fingerprint density at radius 1 is 1.21 bits per heavy atom. The zero-order chi connectivity index (χ0) is 19.4. The molecular weight excluding hydrogens is 377 g/mol. The van der Waals surface area contributed by atoms with Crippen LogP contribution in [0.4, 0.5) is 4.39 Å². The molecule has 0 aromatic carbocycles. The molecule has 4 aromatic heterocycles. The van der Waals surface area contributed by atoms with Crippen molar-refractivity contribution in [2.45, 2.75) is 25.7 Å². The Hall–Kier alpha value is -3.06. The standard InChI is InChI=1S/C21H16FN3O2S/c1-11-17(16-8-14(10-28-16)12-4-6-23-7-5-12)15(22)9-25-19(11)18(13-2-3-13)20(26)24-21(25)27/h4-10,13H,2-3H2,1H3,(H,24,26,27). The van der Waals surface area contributed by atoms with Crippen molar-refractivity contribution in [1.82, 2.24) is 14.4 Å². The number of hydrogen-bond donors (Lipinski definition) is 1. The lowest BCUT2D eigenvalue weighted by atomic mass is 10.0. The molecule has 4 aromatic rings. The Labute approximate surface area is 163 Å². The predicted octanol–water partition coefficient (Wildman–Crippen LogP) is 4.10. The lowest BCUT2D eigenvalue weighted by Gasteiger charge is -2.13. The summed E-state index contributed by atoms with van der Waals surface area (Å²) in [5.74, 6) is -0.351. The first-order valence-corrected chi connectivity index (χ1v) is 9.89. The molecule has 0 amide bonds. The fraction of sp³-hybridized carbons (Fsp3) is 0.190. The molecule has 1 N–H and O–H groups in total. The number of aryl methyl sites for hydroxylation is 1. The summed E-state index contributed by atoms with van der Waals surface area (Å²) in [4.78, 5) is 31.8. The average molecular weight is 393 g/mol. The van der Waals surface area contributed by atoms with Gasteiger partial charge in [-0.1, -0.05) is 0 Å². The molecule has 1 saturated carbocycles. The molecule has 5 nitrogen and oxygen atoms in total. The van der Waals surface area contributed by atoms with Crippen molar-refractivity contribution >= 4 is 16.9 Å². The second-order valence-electron chi connectivity index (χ2n) is 7.08. The van der Waals surface area contributed by atoms with Crippen molar-refractivity contribution in [3.8, 4) is 21.6 Å². The van der Waals surface area contributed by atoms with Crippen LogP contribution >= 0.6 is 11.3 Å². The van der Waals surface area contributed by atoms with Crippen LogP contribution in [0, 0.1) is 12.7 Å². The SMILES string of the molecule is Cc1c(-c2cc(-c3ccncc3)cs2)c(F)cn2c(=O)[nH]c(=O)c(C3CC3)c12. The van der Waals surface area contributed by atoms with Crippen molar-refractivity contribution in [1.29, 1.82) is 0 Å². The summed E-state index contributed by atoms with van der Waals surface area (Å²) in [5.41, 5.74) is 3.19. The van der Waals surface area contributed by atoms with Gasteiger partial charge in [0, 0.05) is 28.4 Å². The molecular formula is C21H16FN3O2S. The summed E-state index contributed by atoms with van der Waals surface area (Å²) < 4.78 is 16.3. The largest absolute Gasteiger partial charge is 0.333 e. The molecule has 0 aliphatic heterocycles. The highest BCUT2D eigenvalue weighted by molar-refractivity contribution is 7.14. The van der Waals surface area contributed by atoms with Gasteiger partial charge in [-0.05, 0) is 66.0 Å². The van der Waals surface area contributed by atoms with Gasteiger partial charge >= 0.3 is 5.69 Å². The van der Waals surface area contributed by atoms with Crippen LogP contribution in [0.3, 0.4) is 0 Å². The summed E-state index contributed by atoms with van der Waals surface area (Å²) >= 11 is 1.44. The van der Waals surface area contributed by atoms with Gasteiger partial charge in [-0.3, -0.25) is 19.2 Å². The van der Waals surface area contributed by atoms with Crippen molar-refractivity contribution in [3.63, 3.8) is 0 Å². The second kappa shape index (κ2) is 6.24. The Kier molecular flexibility index (Phi) is 3.80. The molecule has 1 aliphatic rings. The van der Waals surface area contributed by atoms with Gasteiger partial charge in [-0.15, -0.1) is 11.3 Å². The zero-order valence-electron chi connectivity index (χ0n) is 15.0. The van der Waals surface area contributed by atoms with Crippen LogP contribution in [0.15, 0.2) is 51.8 Å². The van der Waals surface area contributed by atoms with E-state index in [-0.39, 0.29) is 11.5 Å². The van der Waals surface area contributed by atoms with Crippen molar-refractivity contribution in [3.05, 3.63) is 80.0 Å². The van der Waals surface area contributed by atoms with E-state index in [1.54, 1.807) is 19.3 Å². The third-order valence-electron chi connectivity index (χ3n) is 5.24. The van der Waals surface area contributed by atoms with E-state index in [2.05, 4.69) is 9.97 Å². The number of aromatic nitrogens is 3. The molecule has 0 bridgehead atoms. The topological polar surface area (TPSA) is 67.2 Å². The molecule has 140 valence electrons. The summed E-state index contributed by atoms with van der Waals surface area (Å²) in [7, 11) is 0. The highest BCUT2D eigenvalue weighted by Crippen LogP contribution is 2.42. The maximum Gasteiger partial charge on any atom is 0.333 e. The quantitative estimate of drug-likeness (QED) is 0.570. The monoisotopic (exact) mass is 393 g/mol. The smallest absolute Gasteiger partial charge is 0.273 e. The molecule has 0 radical (unpaired) electrons. The van der Waals surface area contributed by atoms with E-state index < -0.39 is 11.5 Å². The summed E-state index contributed by atoms with van der Waals surface area (Å²) in [6, 6.07) is 5.74.